The largest absolute Gasteiger partial charge is 0.393 e. The molecule has 1 heterocycles. The van der Waals surface area contributed by atoms with Crippen molar-refractivity contribution in [2.24, 2.45) is 0 Å². The summed E-state index contributed by atoms with van der Waals surface area (Å²) in [6, 6.07) is 0.157. The van der Waals surface area contributed by atoms with Gasteiger partial charge < -0.3 is 20.1 Å². The number of hydrogen-bond donors (Lipinski definition) is 2. The van der Waals surface area contributed by atoms with Crippen LogP contribution in [0.5, 0.6) is 0 Å². The molecule has 2 atom stereocenters. The molecule has 0 aliphatic carbocycles. The number of aliphatic hydroxyl groups excluding tert-OH is 1. The molecule has 0 aromatic carbocycles. The smallest absolute Gasteiger partial charge is 0.236 e. The molecule has 1 aliphatic heterocycles. The second-order valence-corrected chi connectivity index (χ2v) is 4.36. The number of ether oxygens (including phenoxy) is 1. The Labute approximate surface area is 96.8 Å². The molecule has 5 nitrogen and oxygen atoms in total. The third-order valence-electron chi connectivity index (χ3n) is 2.66. The minimum Gasteiger partial charge on any atom is -0.393 e. The highest BCUT2D eigenvalue weighted by Gasteiger charge is 2.17. The summed E-state index contributed by atoms with van der Waals surface area (Å²) >= 11 is 0. The third-order valence-corrected chi connectivity index (χ3v) is 2.66. The lowest BCUT2D eigenvalue weighted by Crippen LogP contribution is -2.46. The van der Waals surface area contributed by atoms with Gasteiger partial charge in [-0.2, -0.15) is 0 Å². The molecule has 1 amide bonds. The molecule has 0 saturated carbocycles. The van der Waals surface area contributed by atoms with Crippen molar-refractivity contribution in [2.45, 2.75) is 32.4 Å². The van der Waals surface area contributed by atoms with Crippen molar-refractivity contribution in [1.29, 1.82) is 0 Å². The number of amides is 1. The first-order valence-corrected chi connectivity index (χ1v) is 5.86. The maximum absolute atomic E-state index is 11.7. The van der Waals surface area contributed by atoms with Crippen LogP contribution < -0.4 is 5.32 Å². The van der Waals surface area contributed by atoms with Crippen molar-refractivity contribution in [3.05, 3.63) is 0 Å². The number of aliphatic hydroxyl groups is 1. The van der Waals surface area contributed by atoms with E-state index in [1.54, 1.807) is 6.92 Å². The first kappa shape index (κ1) is 13.4. The number of carbonyl (C=O) groups is 1. The van der Waals surface area contributed by atoms with E-state index >= 15 is 0 Å². The van der Waals surface area contributed by atoms with Crippen molar-refractivity contribution in [2.75, 3.05) is 32.8 Å². The molecular formula is C11H22N2O3. The Bertz CT molecular complexity index is 215. The SMILES string of the molecule is CC(O)CC(C)NCC(=O)N1CCOCC1. The molecule has 5 heteroatoms. The summed E-state index contributed by atoms with van der Waals surface area (Å²) in [6.45, 7) is 6.70. The van der Waals surface area contributed by atoms with Crippen molar-refractivity contribution in [3.8, 4) is 0 Å². The average molecular weight is 230 g/mol. The van der Waals surface area contributed by atoms with Gasteiger partial charge in [-0.3, -0.25) is 4.79 Å². The Morgan fingerprint density at radius 2 is 2.06 bits per heavy atom. The predicted molar refractivity (Wildman–Crippen MR) is 61.2 cm³/mol. The average Bonchev–Trinajstić information content (AvgIpc) is 2.26. The van der Waals surface area contributed by atoms with Gasteiger partial charge in [-0.15, -0.1) is 0 Å². The first-order valence-electron chi connectivity index (χ1n) is 5.86. The Morgan fingerprint density at radius 1 is 1.44 bits per heavy atom. The molecule has 0 radical (unpaired) electrons. The fourth-order valence-electron chi connectivity index (χ4n) is 1.78. The fraction of sp³-hybridized carbons (Fsp3) is 0.909. The Balaban J connectivity index is 2.18. The van der Waals surface area contributed by atoms with E-state index < -0.39 is 0 Å². The van der Waals surface area contributed by atoms with Gasteiger partial charge in [0.1, 0.15) is 0 Å². The molecule has 94 valence electrons. The molecule has 1 fully saturated rings. The number of nitrogens with zero attached hydrogens (tertiary/aromatic N) is 1. The highest BCUT2D eigenvalue weighted by molar-refractivity contribution is 5.78. The van der Waals surface area contributed by atoms with E-state index in [1.165, 1.54) is 0 Å². The molecule has 1 saturated heterocycles. The molecule has 0 bridgehead atoms. The van der Waals surface area contributed by atoms with Gasteiger partial charge in [0.25, 0.3) is 0 Å². The molecule has 16 heavy (non-hydrogen) atoms. The second kappa shape index (κ2) is 6.83. The molecule has 2 N–H and O–H groups in total. The van der Waals surface area contributed by atoms with E-state index in [0.29, 0.717) is 39.3 Å². The number of hydrogen-bond acceptors (Lipinski definition) is 4. The van der Waals surface area contributed by atoms with Gasteiger partial charge in [-0.05, 0) is 20.3 Å². The molecule has 2 unspecified atom stereocenters. The molecule has 1 rings (SSSR count). The minimum atomic E-state index is -0.332. The summed E-state index contributed by atoms with van der Waals surface area (Å²) in [7, 11) is 0. The van der Waals surface area contributed by atoms with Crippen molar-refractivity contribution >= 4 is 5.91 Å². The molecular weight excluding hydrogens is 208 g/mol. The van der Waals surface area contributed by atoms with Gasteiger partial charge in [0, 0.05) is 19.1 Å². The fourth-order valence-corrected chi connectivity index (χ4v) is 1.78. The van der Waals surface area contributed by atoms with E-state index in [4.69, 9.17) is 4.74 Å². The molecule has 0 aromatic rings. The summed E-state index contributed by atoms with van der Waals surface area (Å²) in [4.78, 5) is 13.5. The normalized spacial score (nSPS) is 20.6. The van der Waals surface area contributed by atoms with Crippen LogP contribution in [0.1, 0.15) is 20.3 Å². The Morgan fingerprint density at radius 3 is 2.62 bits per heavy atom. The summed E-state index contributed by atoms with van der Waals surface area (Å²) < 4.78 is 5.18. The lowest BCUT2D eigenvalue weighted by molar-refractivity contribution is -0.134. The van der Waals surface area contributed by atoms with E-state index in [-0.39, 0.29) is 18.1 Å². The molecule has 0 spiro atoms. The van der Waals surface area contributed by atoms with E-state index in [0.717, 1.165) is 0 Å². The zero-order chi connectivity index (χ0) is 12.0. The number of rotatable bonds is 5. The second-order valence-electron chi connectivity index (χ2n) is 4.36. The van der Waals surface area contributed by atoms with Crippen LogP contribution in [0, 0.1) is 0 Å². The maximum atomic E-state index is 11.7. The zero-order valence-electron chi connectivity index (χ0n) is 10.1. The molecule has 1 aliphatic rings. The van der Waals surface area contributed by atoms with Crippen LogP contribution in [0.25, 0.3) is 0 Å². The predicted octanol–water partition coefficient (Wildman–Crippen LogP) is -0.406. The summed E-state index contributed by atoms with van der Waals surface area (Å²) in [5.41, 5.74) is 0. The Kier molecular flexibility index (Phi) is 5.73. The summed E-state index contributed by atoms with van der Waals surface area (Å²) in [6.07, 6.45) is 0.331. The van der Waals surface area contributed by atoms with Crippen molar-refractivity contribution in [3.63, 3.8) is 0 Å². The quantitative estimate of drug-likeness (QED) is 0.674. The van der Waals surface area contributed by atoms with Gasteiger partial charge in [-0.1, -0.05) is 0 Å². The van der Waals surface area contributed by atoms with Crippen LogP contribution in [0.2, 0.25) is 0 Å². The van der Waals surface area contributed by atoms with Crippen molar-refractivity contribution < 1.29 is 14.6 Å². The van der Waals surface area contributed by atoms with Crippen LogP contribution in [0.15, 0.2) is 0 Å². The lowest BCUT2D eigenvalue weighted by Gasteiger charge is -2.27. The number of carbonyl (C=O) groups excluding carboxylic acids is 1. The number of morpholine rings is 1. The van der Waals surface area contributed by atoms with Crippen LogP contribution in [0.4, 0.5) is 0 Å². The van der Waals surface area contributed by atoms with Gasteiger partial charge >= 0.3 is 0 Å². The topological polar surface area (TPSA) is 61.8 Å². The third kappa shape index (κ3) is 4.92. The van der Waals surface area contributed by atoms with Gasteiger partial charge in [0.2, 0.25) is 5.91 Å². The zero-order valence-corrected chi connectivity index (χ0v) is 10.1. The van der Waals surface area contributed by atoms with Crippen LogP contribution >= 0.6 is 0 Å². The minimum absolute atomic E-state index is 0.112. The van der Waals surface area contributed by atoms with E-state index in [2.05, 4.69) is 5.32 Å². The van der Waals surface area contributed by atoms with Crippen LogP contribution in [-0.2, 0) is 9.53 Å². The standard InChI is InChI=1S/C11H22N2O3/c1-9(7-10(2)14)12-8-11(15)13-3-5-16-6-4-13/h9-10,12,14H,3-8H2,1-2H3. The maximum Gasteiger partial charge on any atom is 0.236 e. The summed E-state index contributed by atoms with van der Waals surface area (Å²) in [5.74, 6) is 0.112. The number of nitrogens with one attached hydrogen (secondary N) is 1. The van der Waals surface area contributed by atoms with Crippen molar-refractivity contribution in [1.82, 2.24) is 10.2 Å². The highest BCUT2D eigenvalue weighted by Crippen LogP contribution is 1.99. The monoisotopic (exact) mass is 230 g/mol. The van der Waals surface area contributed by atoms with Gasteiger partial charge in [0.15, 0.2) is 0 Å². The lowest BCUT2D eigenvalue weighted by atomic mass is 10.1. The van der Waals surface area contributed by atoms with E-state index in [1.807, 2.05) is 11.8 Å². The molecule has 0 aromatic heterocycles. The van der Waals surface area contributed by atoms with E-state index in [9.17, 15) is 9.90 Å². The Hall–Kier alpha value is -0.650. The van der Waals surface area contributed by atoms with Crippen LogP contribution in [-0.4, -0.2) is 60.9 Å². The van der Waals surface area contributed by atoms with Gasteiger partial charge in [-0.25, -0.2) is 0 Å². The van der Waals surface area contributed by atoms with Gasteiger partial charge in [0.05, 0.1) is 25.9 Å². The highest BCUT2D eigenvalue weighted by atomic mass is 16.5. The summed E-state index contributed by atoms with van der Waals surface area (Å²) in [5, 5.41) is 12.3. The van der Waals surface area contributed by atoms with Crippen LogP contribution in [0.3, 0.4) is 0 Å². The first-order chi connectivity index (χ1) is 7.59.